The van der Waals surface area contributed by atoms with Gasteiger partial charge in [0.15, 0.2) is 23.6 Å². The highest BCUT2D eigenvalue weighted by atomic mass is 35.5. The Morgan fingerprint density at radius 3 is 2.74 bits per heavy atom. The van der Waals surface area contributed by atoms with Crippen molar-refractivity contribution < 1.29 is 28.2 Å². The second kappa shape index (κ2) is 11.9. The number of ketones is 1. The summed E-state index contributed by atoms with van der Waals surface area (Å²) in [6, 6.07) is 0. The van der Waals surface area contributed by atoms with Crippen molar-refractivity contribution in [1.82, 2.24) is 19.5 Å². The predicted molar refractivity (Wildman–Crippen MR) is 123 cm³/mol. The van der Waals surface area contributed by atoms with Crippen LogP contribution < -0.4 is 4.74 Å². The van der Waals surface area contributed by atoms with Gasteiger partial charge in [-0.3, -0.25) is 14.2 Å². The molecule has 0 aliphatic carbocycles. The van der Waals surface area contributed by atoms with Crippen molar-refractivity contribution in [3.63, 3.8) is 0 Å². The first kappa shape index (κ1) is 26.3. The number of alkyl halides is 1. The monoisotopic (exact) mass is 498 g/mol. The molecule has 1 aliphatic rings. The highest BCUT2D eigenvalue weighted by molar-refractivity contribution is 6.28. The summed E-state index contributed by atoms with van der Waals surface area (Å²) in [6.45, 7) is 7.53. The molecule has 1 saturated heterocycles. The van der Waals surface area contributed by atoms with Gasteiger partial charge in [0.05, 0.1) is 25.6 Å². The summed E-state index contributed by atoms with van der Waals surface area (Å²) in [7, 11) is 0. The number of carbonyl (C=O) groups is 2. The summed E-state index contributed by atoms with van der Waals surface area (Å²) in [6.07, 6.45) is 2.09. The first-order valence-corrected chi connectivity index (χ1v) is 12.2. The second-order valence-corrected chi connectivity index (χ2v) is 8.88. The fourth-order valence-corrected chi connectivity index (χ4v) is 4.28. The van der Waals surface area contributed by atoms with Gasteiger partial charge in [0.2, 0.25) is 11.2 Å². The molecular formula is C23H32ClFN4O5. The normalized spacial score (nSPS) is 23.2. The number of hydrogen-bond acceptors (Lipinski definition) is 8. The molecule has 0 radical (unpaired) electrons. The number of imidazole rings is 1. The van der Waals surface area contributed by atoms with Crippen molar-refractivity contribution in [3.05, 3.63) is 11.6 Å². The molecule has 0 N–H and O–H groups in total. The third-order valence-electron chi connectivity index (χ3n) is 6.10. The van der Waals surface area contributed by atoms with Crippen molar-refractivity contribution in [3.8, 4) is 5.88 Å². The number of fused-ring (bicyclic) bond motifs is 1. The zero-order valence-electron chi connectivity index (χ0n) is 20.0. The molecule has 9 nitrogen and oxygen atoms in total. The van der Waals surface area contributed by atoms with Crippen molar-refractivity contribution in [2.24, 2.45) is 11.8 Å². The average molecular weight is 499 g/mol. The highest BCUT2D eigenvalue weighted by Gasteiger charge is 2.44. The van der Waals surface area contributed by atoms with E-state index in [2.05, 4.69) is 21.9 Å². The molecule has 11 heteroatoms. The lowest BCUT2D eigenvalue weighted by Gasteiger charge is -2.18. The summed E-state index contributed by atoms with van der Waals surface area (Å²) in [5.74, 6) is -1.95. The van der Waals surface area contributed by atoms with Gasteiger partial charge in [-0.05, 0) is 44.7 Å². The third kappa shape index (κ3) is 5.83. The van der Waals surface area contributed by atoms with Crippen LogP contribution in [0.2, 0.25) is 5.28 Å². The number of rotatable bonds is 12. The van der Waals surface area contributed by atoms with E-state index in [1.807, 2.05) is 0 Å². The van der Waals surface area contributed by atoms with E-state index in [0.29, 0.717) is 24.2 Å². The van der Waals surface area contributed by atoms with Gasteiger partial charge < -0.3 is 14.2 Å². The minimum atomic E-state index is -1.36. The summed E-state index contributed by atoms with van der Waals surface area (Å²) in [4.78, 5) is 36.7. The number of esters is 1. The number of carbonyl (C=O) groups excluding carboxylic acids is 2. The van der Waals surface area contributed by atoms with E-state index in [9.17, 15) is 9.59 Å². The Balaban J connectivity index is 1.76. The van der Waals surface area contributed by atoms with E-state index in [-0.39, 0.29) is 30.0 Å². The van der Waals surface area contributed by atoms with Crippen LogP contribution in [0.4, 0.5) is 4.39 Å². The Labute approximate surface area is 203 Å². The number of Topliss-reactive ketones (excluding diaryl/α,β-unsaturated/α-hetero) is 1. The molecule has 0 saturated carbocycles. The molecule has 0 bridgehead atoms. The maximum absolute atomic E-state index is 15.3. The Hall–Kier alpha value is -2.33. The number of unbranched alkanes of at least 4 members (excludes halogenated alkanes) is 2. The van der Waals surface area contributed by atoms with E-state index in [1.165, 1.54) is 17.8 Å². The maximum atomic E-state index is 15.3. The molecule has 2 aromatic heterocycles. The van der Waals surface area contributed by atoms with Gasteiger partial charge in [-0.15, -0.1) is 0 Å². The lowest BCUT2D eigenvalue weighted by Crippen LogP contribution is -2.27. The number of nitrogens with zero attached hydrogens (tertiary/aromatic N) is 4. The number of hydrogen-bond donors (Lipinski definition) is 0. The number of ether oxygens (including phenoxy) is 3. The van der Waals surface area contributed by atoms with Crippen molar-refractivity contribution in [2.75, 3.05) is 13.2 Å². The average Bonchev–Trinajstić information content (AvgIpc) is 3.32. The van der Waals surface area contributed by atoms with Crippen LogP contribution in [0.5, 0.6) is 5.88 Å². The smallest absolute Gasteiger partial charge is 0.316 e. The van der Waals surface area contributed by atoms with Crippen LogP contribution >= 0.6 is 11.6 Å². The van der Waals surface area contributed by atoms with Gasteiger partial charge in [-0.25, -0.2) is 9.37 Å². The minimum Gasteiger partial charge on any atom is -0.476 e. The van der Waals surface area contributed by atoms with Crippen LogP contribution in [0.1, 0.15) is 66.0 Å². The zero-order chi connectivity index (χ0) is 24.8. The van der Waals surface area contributed by atoms with Crippen molar-refractivity contribution in [1.29, 1.82) is 0 Å². The SMILES string of the molecule is CCCCCOc1nc(Cl)nc2c1ncn2[C@@H]1O[C@H](CCC(C(C)=O)C(=O)OCC)[C@@H](C)[C@@H]1F. The molecule has 1 fully saturated rings. The fraction of sp³-hybridized carbons (Fsp3) is 0.696. The zero-order valence-corrected chi connectivity index (χ0v) is 20.8. The van der Waals surface area contributed by atoms with E-state index < -0.39 is 36.3 Å². The first-order valence-electron chi connectivity index (χ1n) is 11.8. The van der Waals surface area contributed by atoms with Gasteiger partial charge in [-0.1, -0.05) is 26.7 Å². The van der Waals surface area contributed by atoms with Crippen LogP contribution in [0.15, 0.2) is 6.33 Å². The van der Waals surface area contributed by atoms with E-state index in [4.69, 9.17) is 25.8 Å². The van der Waals surface area contributed by atoms with Gasteiger partial charge in [-0.2, -0.15) is 9.97 Å². The minimum absolute atomic E-state index is 0.0310. The Morgan fingerprint density at radius 2 is 2.06 bits per heavy atom. The van der Waals surface area contributed by atoms with E-state index >= 15 is 4.39 Å². The molecule has 1 unspecified atom stereocenters. The Morgan fingerprint density at radius 1 is 1.29 bits per heavy atom. The van der Waals surface area contributed by atoms with Gasteiger partial charge in [0.25, 0.3) is 0 Å². The molecule has 0 spiro atoms. The van der Waals surface area contributed by atoms with Gasteiger partial charge >= 0.3 is 5.97 Å². The van der Waals surface area contributed by atoms with Crippen LogP contribution in [0.25, 0.3) is 11.2 Å². The number of halogens is 2. The van der Waals surface area contributed by atoms with Crippen LogP contribution in [-0.4, -0.2) is 56.8 Å². The van der Waals surface area contributed by atoms with Crippen molar-refractivity contribution in [2.45, 2.75) is 78.3 Å². The summed E-state index contributed by atoms with van der Waals surface area (Å²) in [5, 5.41) is -0.0310. The lowest BCUT2D eigenvalue weighted by atomic mass is 9.92. The maximum Gasteiger partial charge on any atom is 0.316 e. The topological polar surface area (TPSA) is 105 Å². The third-order valence-corrected chi connectivity index (χ3v) is 6.27. The predicted octanol–water partition coefficient (Wildman–Crippen LogP) is 4.47. The molecule has 3 heterocycles. The highest BCUT2D eigenvalue weighted by Crippen LogP contribution is 2.40. The fourth-order valence-electron chi connectivity index (χ4n) is 4.13. The van der Waals surface area contributed by atoms with Crippen LogP contribution in [-0.2, 0) is 19.1 Å². The molecular weight excluding hydrogens is 467 g/mol. The Bertz CT molecular complexity index is 1000. The van der Waals surface area contributed by atoms with Crippen LogP contribution in [0.3, 0.4) is 0 Å². The van der Waals surface area contributed by atoms with Gasteiger partial charge in [0.1, 0.15) is 11.7 Å². The second-order valence-electron chi connectivity index (χ2n) is 8.54. The van der Waals surface area contributed by atoms with E-state index in [1.54, 1.807) is 13.8 Å². The van der Waals surface area contributed by atoms with Crippen LogP contribution in [0, 0.1) is 11.8 Å². The van der Waals surface area contributed by atoms with E-state index in [0.717, 1.165) is 19.3 Å². The molecule has 1 aliphatic heterocycles. The molecule has 0 amide bonds. The van der Waals surface area contributed by atoms with Crippen molar-refractivity contribution >= 4 is 34.5 Å². The summed E-state index contributed by atoms with van der Waals surface area (Å²) >= 11 is 6.11. The Kier molecular flexibility index (Phi) is 9.18. The number of aromatic nitrogens is 4. The molecule has 5 atom stereocenters. The lowest BCUT2D eigenvalue weighted by molar-refractivity contribution is -0.151. The quantitative estimate of drug-likeness (QED) is 0.183. The van der Waals surface area contributed by atoms with Gasteiger partial charge in [0, 0.05) is 5.92 Å². The standard InChI is InChI=1S/C23H32ClFN4O5/c1-5-7-8-11-33-20-18-19(27-23(24)28-20)29(12-26-18)21-17(25)13(3)16(34-21)10-9-15(14(4)30)22(31)32-6-2/h12-13,15-17,21H,5-11H2,1-4H3/t13-,15?,16-,17+,21-/m1/s1. The molecule has 34 heavy (non-hydrogen) atoms. The summed E-state index contributed by atoms with van der Waals surface area (Å²) in [5.41, 5.74) is 0.700. The largest absolute Gasteiger partial charge is 0.476 e. The first-order chi connectivity index (χ1) is 16.3. The molecule has 188 valence electrons. The molecule has 3 rings (SSSR count). The summed E-state index contributed by atoms with van der Waals surface area (Å²) < 4.78 is 33.6. The molecule has 2 aromatic rings. The molecule has 0 aromatic carbocycles.